The number of alkyl halides is 12. The van der Waals surface area contributed by atoms with Crippen molar-refractivity contribution in [3.8, 4) is 0 Å². The number of benzene rings is 4. The smallest absolute Gasteiger partial charge is 0.392 e. The van der Waals surface area contributed by atoms with Crippen molar-refractivity contribution >= 4 is 94.8 Å². The molecule has 8 aromatic rings. The predicted octanol–water partition coefficient (Wildman–Crippen LogP) is 14.2. The fourth-order valence-corrected chi connectivity index (χ4v) is 16.8. The molecule has 139 heavy (non-hydrogen) atoms. The first-order valence-corrected chi connectivity index (χ1v) is 45.2. The average molecular weight is 1970 g/mol. The van der Waals surface area contributed by atoms with Crippen LogP contribution < -0.4 is 73.3 Å². The number of halogens is 16. The van der Waals surface area contributed by atoms with Gasteiger partial charge in [-0.15, -0.1) is 0 Å². The molecular weight excluding hydrogens is 1860 g/mol. The van der Waals surface area contributed by atoms with E-state index in [4.69, 9.17) is 18.9 Å². The van der Waals surface area contributed by atoms with Crippen LogP contribution in [0, 0.1) is 40.0 Å². The van der Waals surface area contributed by atoms with E-state index >= 15 is 0 Å². The fraction of sp³-hybridized carbons (Fsp3) is 0.511. The minimum Gasteiger partial charge on any atom is -0.392 e. The Morgan fingerprint density at radius 2 is 0.770 bits per heavy atom. The molecule has 49 heteroatoms. The monoisotopic (exact) mass is 1970 g/mol. The van der Waals surface area contributed by atoms with E-state index in [1.165, 1.54) is 24.3 Å². The van der Waals surface area contributed by atoms with Gasteiger partial charge < -0.3 is 80.6 Å². The molecule has 7 unspecified atom stereocenters. The number of morpholine rings is 4. The molecule has 0 radical (unpaired) electrons. The molecule has 4 aromatic heterocycles. The zero-order valence-electron chi connectivity index (χ0n) is 77.0. The maximum atomic E-state index is 14.2. The Morgan fingerprint density at radius 1 is 0.417 bits per heavy atom. The number of anilines is 12. The van der Waals surface area contributed by atoms with Gasteiger partial charge in [-0.1, -0.05) is 52.0 Å². The molecule has 4 aromatic carbocycles. The van der Waals surface area contributed by atoms with Gasteiger partial charge in [-0.3, -0.25) is 0 Å². The first kappa shape index (κ1) is 104. The van der Waals surface area contributed by atoms with E-state index in [9.17, 15) is 75.4 Å². The number of hydrogen-bond acceptors (Lipinski definition) is 32. The number of piperazine rings is 1. The van der Waals surface area contributed by atoms with Crippen LogP contribution in [0.5, 0.6) is 0 Å². The van der Waals surface area contributed by atoms with Gasteiger partial charge in [0.15, 0.2) is 46.5 Å². The van der Waals surface area contributed by atoms with E-state index in [1.807, 2.05) is 37.6 Å². The number of hydrazone groups is 4. The zero-order chi connectivity index (χ0) is 99.3. The summed E-state index contributed by atoms with van der Waals surface area (Å²) in [6.45, 7) is 23.2. The second kappa shape index (κ2) is 46.7. The molecule has 0 amide bonds. The third-order valence-electron chi connectivity index (χ3n) is 24.4. The van der Waals surface area contributed by atoms with Crippen molar-refractivity contribution in [2.75, 3.05) is 201 Å². The lowest BCUT2D eigenvalue weighted by molar-refractivity contribution is -0.138. The van der Waals surface area contributed by atoms with Gasteiger partial charge in [-0.05, 0) is 124 Å². The van der Waals surface area contributed by atoms with E-state index in [2.05, 4.69) is 128 Å². The first-order chi connectivity index (χ1) is 66.2. The lowest BCUT2D eigenvalue weighted by atomic mass is 9.66. The average Bonchev–Trinajstić information content (AvgIpc) is 0.639. The molecular formula is C90H112F16N28O5. The minimum atomic E-state index is -4.43. The molecule has 7 saturated heterocycles. The normalized spacial score (nSPS) is 22.2. The highest BCUT2D eigenvalue weighted by Gasteiger charge is 2.46. The minimum absolute atomic E-state index is 0.0531. The molecule has 11 N–H and O–H groups in total. The van der Waals surface area contributed by atoms with Crippen LogP contribution in [0.3, 0.4) is 0 Å². The number of hydrazine groups is 1. The number of aromatic nitrogens is 8. The van der Waals surface area contributed by atoms with Gasteiger partial charge in [0.1, 0.15) is 6.34 Å². The SMILES string of the molecule is CC1(C)C(Nc2cccc(C(F)(F)F)c2)CCC(/C=N/Nc2ncc(F)c(N3CCOCC3)n2)C1O.CC1(C)CC(Nc2cccc(C(F)(F)F)c2)CNC1/C=N/Nc1ncc(F)c(N2CCOCC2)n1.CC1(C)NC(/C=N/Nc2ncc(F)c(N3CCOCC3)n2)CCC1Nc1cccc(C(F)(F)F)c1.Fc1cnc(N/N=C/N2CCN(Nc3cccc(C(F)(F)F)c3)CC2)nc1N1CCOCC1. The van der Waals surface area contributed by atoms with Crippen LogP contribution in [0.4, 0.5) is 140 Å². The summed E-state index contributed by atoms with van der Waals surface area (Å²) >= 11 is 0. The maximum absolute atomic E-state index is 14.2. The molecule has 7 aliphatic heterocycles. The molecule has 8 fully saturated rings. The van der Waals surface area contributed by atoms with Gasteiger partial charge in [0.25, 0.3) is 0 Å². The molecule has 8 aliphatic rings. The Hall–Kier alpha value is -12.2. The summed E-state index contributed by atoms with van der Waals surface area (Å²) in [5, 5.41) is 46.1. The van der Waals surface area contributed by atoms with Crippen molar-refractivity contribution in [3.63, 3.8) is 0 Å². The third kappa shape index (κ3) is 29.7. The van der Waals surface area contributed by atoms with Crippen molar-refractivity contribution in [1.29, 1.82) is 0 Å². The Morgan fingerprint density at radius 3 is 1.16 bits per heavy atom. The lowest BCUT2D eigenvalue weighted by Crippen LogP contribution is -2.60. The van der Waals surface area contributed by atoms with Gasteiger partial charge in [-0.25, -0.2) is 64.2 Å². The number of nitrogens with one attached hydrogen (secondary N) is 10. The predicted molar refractivity (Wildman–Crippen MR) is 496 cm³/mol. The van der Waals surface area contributed by atoms with Gasteiger partial charge >= 0.3 is 24.7 Å². The van der Waals surface area contributed by atoms with Crippen LogP contribution in [-0.2, 0) is 43.7 Å². The number of aliphatic hydroxyl groups excluding tert-OH is 1. The summed E-state index contributed by atoms with van der Waals surface area (Å²) in [5.41, 5.74) is 11.5. The number of rotatable bonds is 24. The van der Waals surface area contributed by atoms with Crippen LogP contribution in [0.1, 0.15) is 95.9 Å². The standard InChI is InChI=1S/C24H30F4N6O2.2C23H29F4N7O.C20H24F4N8O/c1-23(2)19(31-17-5-3-4-16(12-17)24(26,27)28)7-6-15(20(23)35)13-30-33-22-29-14-18(25)21(32-22)34-8-10-36-11-9-34;1-22(2)11-17(31-16-5-3-4-15(10-16)23(25,26)27)12-28-19(22)14-30-33-21-29-13-18(24)20(32-21)34-6-8-35-9-7-34;1-22(2)19(30-16-5-3-4-15(12-16)23(25,26)27)7-6-17(32-22)13-29-33-21-28-14-18(24)20(31-21)34-8-10-35-11-9-34;21-17-13-25-19(27-18(17)31-8-10-33-11-9-31)28-26-14-30-4-6-32(7-5-30)29-16-3-1-2-15(12-16)20(22,23)24/h3-5,12-15,19-20,31,35H,6-11H2,1-2H3,(H,29,32,33);3-5,10,13-14,17,19,28,31H,6-9,11-12H2,1-2H3,(H,29,32,33);3-5,12-14,17,19,30,32H,6-11H2,1-2H3,(H,28,31,33);1-3,12-14,29H,4-11H2,(H,25,27,28)/b30-13+;30-14+;29-13+;26-14+. The van der Waals surface area contributed by atoms with Crippen LogP contribution >= 0.6 is 0 Å². The highest BCUT2D eigenvalue weighted by atomic mass is 19.4. The maximum Gasteiger partial charge on any atom is 0.416 e. The number of piperidine rings is 2. The van der Waals surface area contributed by atoms with Crippen molar-refractivity contribution in [1.82, 2.24) is 60.4 Å². The van der Waals surface area contributed by atoms with Crippen LogP contribution in [0.15, 0.2) is 142 Å². The van der Waals surface area contributed by atoms with Gasteiger partial charge in [-0.2, -0.15) is 93.0 Å². The van der Waals surface area contributed by atoms with Crippen LogP contribution in [0.2, 0.25) is 0 Å². The Labute approximate surface area is 791 Å². The molecule has 1 aliphatic carbocycles. The Bertz CT molecular complexity index is 5420. The van der Waals surface area contributed by atoms with E-state index in [0.717, 1.165) is 79.7 Å². The molecule has 16 rings (SSSR count). The van der Waals surface area contributed by atoms with Crippen molar-refractivity contribution in [2.45, 2.75) is 140 Å². The number of nitrogens with zero attached hydrogens (tertiary/aromatic N) is 18. The quantitative estimate of drug-likeness (QED) is 0.0116. The fourth-order valence-electron chi connectivity index (χ4n) is 16.8. The largest absolute Gasteiger partial charge is 0.416 e. The summed E-state index contributed by atoms with van der Waals surface area (Å²) in [7, 11) is 0. The first-order valence-electron chi connectivity index (χ1n) is 45.2. The van der Waals surface area contributed by atoms with E-state index in [0.29, 0.717) is 186 Å². The molecule has 33 nitrogen and oxygen atoms in total. The summed E-state index contributed by atoms with van der Waals surface area (Å²) in [6.07, 6.45) is -4.05. The topological polar surface area (TPSA) is 349 Å². The number of hydrogen-bond donors (Lipinski definition) is 11. The Kier molecular flexibility index (Phi) is 35.0. The summed E-state index contributed by atoms with van der Waals surface area (Å²) in [6, 6.07) is 20.0. The molecule has 7 atom stereocenters. The van der Waals surface area contributed by atoms with Gasteiger partial charge in [0, 0.05) is 174 Å². The zero-order valence-corrected chi connectivity index (χ0v) is 77.0. The second-order valence-electron chi connectivity index (χ2n) is 35.7. The van der Waals surface area contributed by atoms with Crippen LogP contribution in [0.25, 0.3) is 0 Å². The van der Waals surface area contributed by atoms with E-state index < -0.39 is 87.3 Å². The highest BCUT2D eigenvalue weighted by Crippen LogP contribution is 2.43. The van der Waals surface area contributed by atoms with Crippen molar-refractivity contribution in [3.05, 3.63) is 167 Å². The van der Waals surface area contributed by atoms with E-state index in [-0.39, 0.29) is 88.6 Å². The van der Waals surface area contributed by atoms with Crippen molar-refractivity contribution < 1.29 is 94.3 Å². The number of ether oxygens (including phenoxy) is 4. The van der Waals surface area contributed by atoms with Crippen molar-refractivity contribution in [2.24, 2.45) is 37.2 Å². The summed E-state index contributed by atoms with van der Waals surface area (Å²) < 4.78 is 234. The molecule has 0 spiro atoms. The third-order valence-corrected chi connectivity index (χ3v) is 24.4. The van der Waals surface area contributed by atoms with Gasteiger partial charge in [0.05, 0.1) is 106 Å². The second-order valence-corrected chi connectivity index (χ2v) is 35.7. The highest BCUT2D eigenvalue weighted by molar-refractivity contribution is 5.68. The molecule has 1 saturated carbocycles. The lowest BCUT2D eigenvalue weighted by Gasteiger charge is -2.46. The van der Waals surface area contributed by atoms with E-state index in [1.54, 1.807) is 68.8 Å². The molecule has 754 valence electrons. The van der Waals surface area contributed by atoms with Gasteiger partial charge in [0.2, 0.25) is 23.8 Å². The molecule has 11 heterocycles. The summed E-state index contributed by atoms with van der Waals surface area (Å²) in [5.74, 6) is -0.868. The number of aliphatic hydroxyl groups is 1. The Balaban J connectivity index is 0.000000156. The summed E-state index contributed by atoms with van der Waals surface area (Å²) in [4.78, 5) is 41.8. The van der Waals surface area contributed by atoms with Crippen LogP contribution in [-0.4, -0.2) is 260 Å². The molecule has 0 bridgehead atoms.